The van der Waals surface area contributed by atoms with Crippen molar-refractivity contribution in [2.45, 2.75) is 0 Å². The fraction of sp³-hybridized carbons (Fsp3) is 0. The quantitative estimate of drug-likeness (QED) is 0.738. The fourth-order valence-corrected chi connectivity index (χ4v) is 1.81. The van der Waals surface area contributed by atoms with Gasteiger partial charge in [-0.2, -0.15) is 15.4 Å². The van der Waals surface area contributed by atoms with E-state index in [-0.39, 0.29) is 5.88 Å². The number of hydrogen-bond donors (Lipinski definition) is 2. The average molecular weight is 262 g/mol. The van der Waals surface area contributed by atoms with Crippen LogP contribution in [0.25, 0.3) is 22.5 Å². The second-order valence-electron chi connectivity index (χ2n) is 3.63. The highest BCUT2D eigenvalue weighted by Gasteiger charge is 2.18. The number of halogens is 1. The van der Waals surface area contributed by atoms with E-state index in [2.05, 4.69) is 20.6 Å². The minimum atomic E-state index is 0.232. The molecule has 6 nitrogen and oxygen atoms in total. The number of benzene rings is 1. The Hall–Kier alpha value is -2.34. The Labute approximate surface area is 107 Å². The molecule has 0 aliphatic rings. The Kier molecular flexibility index (Phi) is 2.49. The number of nitrogens with one attached hydrogen (secondary N) is 1. The van der Waals surface area contributed by atoms with Gasteiger partial charge in [0, 0.05) is 5.02 Å². The Morgan fingerprint density at radius 3 is 2.67 bits per heavy atom. The van der Waals surface area contributed by atoms with E-state index in [0.717, 1.165) is 5.56 Å². The van der Waals surface area contributed by atoms with Gasteiger partial charge in [-0.05, 0) is 17.7 Å². The third-order valence-electron chi connectivity index (χ3n) is 2.51. The van der Waals surface area contributed by atoms with Gasteiger partial charge in [0.2, 0.25) is 5.88 Å². The summed E-state index contributed by atoms with van der Waals surface area (Å²) in [6.07, 6.45) is 1.55. The molecular formula is C11H8ClN5O. The molecule has 0 radical (unpaired) electrons. The molecule has 7 heteroatoms. The molecule has 0 saturated heterocycles. The first-order valence-electron chi connectivity index (χ1n) is 5.13. The summed E-state index contributed by atoms with van der Waals surface area (Å²) in [5.74, 6) is 0.232. The van der Waals surface area contributed by atoms with Crippen LogP contribution in [0.1, 0.15) is 0 Å². The third kappa shape index (κ3) is 1.72. The van der Waals surface area contributed by atoms with Gasteiger partial charge in [-0.15, -0.1) is 0 Å². The lowest BCUT2D eigenvalue weighted by molar-refractivity contribution is 0.439. The number of nitrogens with two attached hydrogens (primary N) is 1. The van der Waals surface area contributed by atoms with E-state index >= 15 is 0 Å². The highest BCUT2D eigenvalue weighted by Crippen LogP contribution is 2.35. The number of rotatable bonds is 2. The van der Waals surface area contributed by atoms with E-state index in [1.165, 1.54) is 0 Å². The van der Waals surface area contributed by atoms with Gasteiger partial charge in [-0.1, -0.05) is 28.9 Å². The van der Waals surface area contributed by atoms with Gasteiger partial charge in [0.1, 0.15) is 11.4 Å². The van der Waals surface area contributed by atoms with E-state index in [1.54, 1.807) is 18.3 Å². The van der Waals surface area contributed by atoms with Crippen molar-refractivity contribution in [2.75, 3.05) is 5.73 Å². The minimum Gasteiger partial charge on any atom is -0.367 e. The van der Waals surface area contributed by atoms with Crippen molar-refractivity contribution in [1.82, 2.24) is 20.6 Å². The first-order chi connectivity index (χ1) is 8.75. The van der Waals surface area contributed by atoms with Crippen LogP contribution in [-0.2, 0) is 0 Å². The summed E-state index contributed by atoms with van der Waals surface area (Å²) in [6.45, 7) is 0. The summed E-state index contributed by atoms with van der Waals surface area (Å²) < 4.78 is 5.02. The van der Waals surface area contributed by atoms with Crippen LogP contribution < -0.4 is 5.73 Å². The summed E-state index contributed by atoms with van der Waals surface area (Å²) in [4.78, 5) is 0. The first kappa shape index (κ1) is 10.8. The fourth-order valence-electron chi connectivity index (χ4n) is 1.69. The van der Waals surface area contributed by atoms with Crippen LogP contribution in [0.5, 0.6) is 0 Å². The molecule has 0 atom stereocenters. The average Bonchev–Trinajstić information content (AvgIpc) is 2.99. The van der Waals surface area contributed by atoms with Crippen molar-refractivity contribution >= 4 is 17.5 Å². The molecule has 0 unspecified atom stereocenters. The Balaban J connectivity index is 2.17. The van der Waals surface area contributed by atoms with Crippen molar-refractivity contribution in [1.29, 1.82) is 0 Å². The van der Waals surface area contributed by atoms with Gasteiger partial charge in [0.05, 0.1) is 11.8 Å². The lowest BCUT2D eigenvalue weighted by atomic mass is 10.0. The lowest BCUT2D eigenvalue weighted by Crippen LogP contribution is -1.87. The van der Waals surface area contributed by atoms with Gasteiger partial charge < -0.3 is 10.3 Å². The Bertz CT molecular complexity index is 659. The van der Waals surface area contributed by atoms with Crippen LogP contribution >= 0.6 is 11.6 Å². The van der Waals surface area contributed by atoms with Crippen molar-refractivity contribution in [3.63, 3.8) is 0 Å². The van der Waals surface area contributed by atoms with E-state index < -0.39 is 0 Å². The van der Waals surface area contributed by atoms with Gasteiger partial charge in [-0.25, -0.2) is 0 Å². The minimum absolute atomic E-state index is 0.232. The smallest absolute Gasteiger partial charge is 0.230 e. The zero-order chi connectivity index (χ0) is 12.5. The number of nitrogen functional groups attached to an aromatic ring is 1. The molecule has 3 rings (SSSR count). The number of aromatic nitrogens is 4. The predicted molar refractivity (Wildman–Crippen MR) is 66.7 cm³/mol. The molecule has 18 heavy (non-hydrogen) atoms. The van der Waals surface area contributed by atoms with Crippen LogP contribution in [-0.4, -0.2) is 20.6 Å². The van der Waals surface area contributed by atoms with Crippen LogP contribution in [0.2, 0.25) is 5.02 Å². The molecule has 3 aromatic rings. The molecule has 0 spiro atoms. The second kappa shape index (κ2) is 4.15. The molecule has 90 valence electrons. The number of H-pyrrole nitrogens is 1. The topological polar surface area (TPSA) is 93.6 Å². The van der Waals surface area contributed by atoms with E-state index in [4.69, 9.17) is 21.9 Å². The van der Waals surface area contributed by atoms with Crippen molar-refractivity contribution in [2.24, 2.45) is 0 Å². The van der Waals surface area contributed by atoms with Crippen LogP contribution in [0, 0.1) is 0 Å². The molecule has 0 aliphatic carbocycles. The molecule has 0 bridgehead atoms. The van der Waals surface area contributed by atoms with E-state index in [0.29, 0.717) is 22.0 Å². The second-order valence-corrected chi connectivity index (χ2v) is 4.07. The van der Waals surface area contributed by atoms with Gasteiger partial charge >= 0.3 is 0 Å². The summed E-state index contributed by atoms with van der Waals surface area (Å²) >= 11 is 5.85. The predicted octanol–water partition coefficient (Wildman–Crippen LogP) is 2.36. The monoisotopic (exact) mass is 261 g/mol. The summed E-state index contributed by atoms with van der Waals surface area (Å²) in [6, 6.07) is 7.23. The van der Waals surface area contributed by atoms with Crippen LogP contribution in [0.4, 0.5) is 5.88 Å². The van der Waals surface area contributed by atoms with Crippen molar-refractivity contribution in [3.8, 4) is 22.5 Å². The summed E-state index contributed by atoms with van der Waals surface area (Å²) in [5, 5.41) is 14.8. The summed E-state index contributed by atoms with van der Waals surface area (Å²) in [5.41, 5.74) is 8.45. The molecule has 0 amide bonds. The van der Waals surface area contributed by atoms with Gasteiger partial charge in [-0.3, -0.25) is 0 Å². The molecule has 0 aliphatic heterocycles. The zero-order valence-electron chi connectivity index (χ0n) is 9.09. The highest BCUT2D eigenvalue weighted by atomic mass is 35.5. The van der Waals surface area contributed by atoms with Crippen LogP contribution in [0.3, 0.4) is 0 Å². The standard InChI is InChI=1S/C11H8ClN5O/c12-7-3-1-6(2-4-7)9-10(16-18-11(9)13)8-5-14-17-15-8/h1-5H,13H2,(H,14,15,17). The molecule has 0 fully saturated rings. The summed E-state index contributed by atoms with van der Waals surface area (Å²) in [7, 11) is 0. The van der Waals surface area contributed by atoms with E-state index in [9.17, 15) is 0 Å². The number of aromatic amines is 1. The van der Waals surface area contributed by atoms with Crippen molar-refractivity contribution < 1.29 is 4.52 Å². The molecule has 3 N–H and O–H groups in total. The highest BCUT2D eigenvalue weighted by molar-refractivity contribution is 6.30. The van der Waals surface area contributed by atoms with Crippen LogP contribution in [0.15, 0.2) is 35.0 Å². The first-order valence-corrected chi connectivity index (χ1v) is 5.50. The molecule has 2 aromatic heterocycles. The molecule has 0 saturated carbocycles. The molecule has 2 heterocycles. The van der Waals surface area contributed by atoms with Crippen molar-refractivity contribution in [3.05, 3.63) is 35.5 Å². The SMILES string of the molecule is Nc1onc(-c2cn[nH]n2)c1-c1ccc(Cl)cc1. The number of anilines is 1. The Morgan fingerprint density at radius 2 is 2.00 bits per heavy atom. The lowest BCUT2D eigenvalue weighted by Gasteiger charge is -2.00. The van der Waals surface area contributed by atoms with E-state index in [1.807, 2.05) is 12.1 Å². The van der Waals surface area contributed by atoms with Gasteiger partial charge in [0.25, 0.3) is 0 Å². The third-order valence-corrected chi connectivity index (χ3v) is 2.76. The Morgan fingerprint density at radius 1 is 1.22 bits per heavy atom. The maximum absolute atomic E-state index is 5.85. The zero-order valence-corrected chi connectivity index (χ0v) is 9.85. The molecule has 1 aromatic carbocycles. The number of hydrogen-bond acceptors (Lipinski definition) is 5. The molecular weight excluding hydrogens is 254 g/mol. The van der Waals surface area contributed by atoms with Gasteiger partial charge in [0.15, 0.2) is 0 Å². The number of nitrogens with zero attached hydrogens (tertiary/aromatic N) is 3. The normalized spacial score (nSPS) is 10.7. The maximum atomic E-state index is 5.85. The maximum Gasteiger partial charge on any atom is 0.230 e. The largest absolute Gasteiger partial charge is 0.367 e.